The number of nitrogens with zero attached hydrogens (tertiary/aromatic N) is 4. The highest BCUT2D eigenvalue weighted by Crippen LogP contribution is 2.28. The first-order valence-electron chi connectivity index (χ1n) is 11.8. The van der Waals surface area contributed by atoms with E-state index in [1.807, 2.05) is 18.2 Å². The third-order valence-electron chi connectivity index (χ3n) is 6.51. The normalized spacial score (nSPS) is 17.5. The number of amides is 1. The van der Waals surface area contributed by atoms with Gasteiger partial charge in [-0.05, 0) is 17.7 Å². The van der Waals surface area contributed by atoms with Gasteiger partial charge in [0.1, 0.15) is 5.76 Å². The second-order valence-corrected chi connectivity index (χ2v) is 10.7. The van der Waals surface area contributed by atoms with Crippen molar-refractivity contribution >= 4 is 22.0 Å². The van der Waals surface area contributed by atoms with Gasteiger partial charge in [0.25, 0.3) is 5.91 Å². The van der Waals surface area contributed by atoms with Crippen LogP contribution in [0.25, 0.3) is 6.08 Å². The van der Waals surface area contributed by atoms with E-state index in [-0.39, 0.29) is 23.0 Å². The molecule has 2 aliphatic rings. The number of benzene rings is 2. The molecule has 0 saturated carbocycles. The van der Waals surface area contributed by atoms with Gasteiger partial charge >= 0.3 is 0 Å². The molecule has 5 rings (SSSR count). The van der Waals surface area contributed by atoms with Gasteiger partial charge in [-0.3, -0.25) is 9.69 Å². The molecular weight excluding hydrogens is 464 g/mol. The van der Waals surface area contributed by atoms with E-state index in [2.05, 4.69) is 34.3 Å². The molecule has 1 amide bonds. The molecule has 0 unspecified atom stereocenters. The first-order chi connectivity index (χ1) is 17.0. The third-order valence-corrected chi connectivity index (χ3v) is 8.37. The summed E-state index contributed by atoms with van der Waals surface area (Å²) >= 11 is 0. The maximum atomic E-state index is 13.3. The minimum absolute atomic E-state index is 0.0847. The summed E-state index contributed by atoms with van der Waals surface area (Å²) in [5, 5.41) is 4.05. The Balaban J connectivity index is 1.21. The van der Waals surface area contributed by atoms with E-state index in [1.165, 1.54) is 9.87 Å². The van der Waals surface area contributed by atoms with Gasteiger partial charge in [-0.1, -0.05) is 65.8 Å². The average Bonchev–Trinajstić information content (AvgIpc) is 3.33. The lowest BCUT2D eigenvalue weighted by Crippen LogP contribution is -2.49. The molecule has 1 aromatic heterocycles. The summed E-state index contributed by atoms with van der Waals surface area (Å²) in [5.74, 6) is 0.394. The molecule has 1 saturated heterocycles. The number of aromatic nitrogens is 1. The van der Waals surface area contributed by atoms with Crippen LogP contribution in [0.2, 0.25) is 0 Å². The minimum atomic E-state index is -3.66. The van der Waals surface area contributed by atoms with E-state index in [9.17, 15) is 13.2 Å². The highest BCUT2D eigenvalue weighted by atomic mass is 32.2. The first kappa shape index (κ1) is 23.5. The van der Waals surface area contributed by atoms with E-state index in [4.69, 9.17) is 4.52 Å². The number of carbonyl (C=O) groups is 1. The summed E-state index contributed by atoms with van der Waals surface area (Å²) in [6.45, 7) is 3.91. The van der Waals surface area contributed by atoms with Crippen molar-refractivity contribution in [2.24, 2.45) is 0 Å². The maximum absolute atomic E-state index is 13.3. The van der Waals surface area contributed by atoms with Crippen LogP contribution in [-0.2, 0) is 23.0 Å². The molecule has 0 atom stereocenters. The van der Waals surface area contributed by atoms with Crippen molar-refractivity contribution < 1.29 is 17.7 Å². The van der Waals surface area contributed by atoms with E-state index >= 15 is 0 Å². The molecule has 0 aliphatic carbocycles. The number of piperazine rings is 1. The quantitative estimate of drug-likeness (QED) is 0.526. The highest BCUT2D eigenvalue weighted by Gasteiger charge is 2.35. The van der Waals surface area contributed by atoms with Gasteiger partial charge in [-0.2, -0.15) is 4.31 Å². The topological polar surface area (TPSA) is 87.0 Å². The van der Waals surface area contributed by atoms with Crippen molar-refractivity contribution in [3.8, 4) is 0 Å². The fourth-order valence-corrected chi connectivity index (χ4v) is 5.91. The van der Waals surface area contributed by atoms with Crippen molar-refractivity contribution in [2.45, 2.75) is 17.9 Å². The van der Waals surface area contributed by atoms with Crippen molar-refractivity contribution in [3.05, 3.63) is 89.3 Å². The van der Waals surface area contributed by atoms with Crippen LogP contribution in [0.4, 0.5) is 0 Å². The van der Waals surface area contributed by atoms with Crippen LogP contribution in [0.1, 0.15) is 27.4 Å². The van der Waals surface area contributed by atoms with Crippen molar-refractivity contribution in [1.29, 1.82) is 0 Å². The van der Waals surface area contributed by atoms with E-state index in [0.717, 1.165) is 19.6 Å². The predicted octanol–water partition coefficient (Wildman–Crippen LogP) is 2.89. The second kappa shape index (κ2) is 10.2. The Bertz CT molecular complexity index is 1300. The van der Waals surface area contributed by atoms with Gasteiger partial charge in [0.2, 0.25) is 10.0 Å². The molecule has 1 fully saturated rings. The van der Waals surface area contributed by atoms with Crippen molar-refractivity contribution in [2.75, 3.05) is 39.3 Å². The minimum Gasteiger partial charge on any atom is -0.360 e. The maximum Gasteiger partial charge on any atom is 0.276 e. The summed E-state index contributed by atoms with van der Waals surface area (Å²) in [5.41, 5.74) is 1.97. The van der Waals surface area contributed by atoms with Gasteiger partial charge in [-0.25, -0.2) is 8.42 Å². The lowest BCUT2D eigenvalue weighted by Gasteiger charge is -2.34. The molecule has 0 bridgehead atoms. The lowest BCUT2D eigenvalue weighted by molar-refractivity contribution is 0.0638. The molecule has 182 valence electrons. The van der Waals surface area contributed by atoms with Crippen LogP contribution in [0.3, 0.4) is 0 Å². The Morgan fingerprint density at radius 2 is 1.63 bits per heavy atom. The summed E-state index contributed by atoms with van der Waals surface area (Å²) in [6, 6.07) is 18.5. The molecule has 0 radical (unpaired) electrons. The molecule has 0 N–H and O–H groups in total. The number of carbonyl (C=O) groups excluding carboxylic acids is 1. The lowest BCUT2D eigenvalue weighted by atomic mass is 10.1. The smallest absolute Gasteiger partial charge is 0.276 e. The van der Waals surface area contributed by atoms with Crippen LogP contribution in [0, 0.1) is 0 Å². The number of fused-ring (bicyclic) bond motifs is 1. The zero-order chi connectivity index (χ0) is 24.3. The monoisotopic (exact) mass is 492 g/mol. The predicted molar refractivity (Wildman–Crippen MR) is 132 cm³/mol. The average molecular weight is 493 g/mol. The summed E-state index contributed by atoms with van der Waals surface area (Å²) in [4.78, 5) is 17.6. The molecule has 2 aromatic carbocycles. The van der Waals surface area contributed by atoms with E-state index in [0.29, 0.717) is 37.4 Å². The SMILES string of the molecule is O=C(c1noc2c1CN(S(=O)(=O)c1ccccc1)CC2)N1CCN(C/C=C/c2ccccc2)CC1. The molecule has 3 heterocycles. The fourth-order valence-electron chi connectivity index (χ4n) is 4.48. The van der Waals surface area contributed by atoms with Crippen LogP contribution < -0.4 is 0 Å². The first-order valence-corrected chi connectivity index (χ1v) is 13.2. The third kappa shape index (κ3) is 5.07. The summed E-state index contributed by atoms with van der Waals surface area (Å²) in [6.07, 6.45) is 4.64. The number of sulfonamides is 1. The van der Waals surface area contributed by atoms with Gasteiger partial charge in [0, 0.05) is 57.8 Å². The number of hydrogen-bond donors (Lipinski definition) is 0. The standard InChI is InChI=1S/C26H28N4O4S/c31-26(29-18-16-28(17-19-29)14-7-10-21-8-3-1-4-9-21)25-23-20-30(15-13-24(23)34-27-25)35(32,33)22-11-5-2-6-12-22/h1-12H,13-20H2/b10-7+. The van der Waals surface area contributed by atoms with E-state index in [1.54, 1.807) is 35.2 Å². The van der Waals surface area contributed by atoms with Crippen molar-refractivity contribution in [1.82, 2.24) is 19.3 Å². The van der Waals surface area contributed by atoms with Crippen LogP contribution >= 0.6 is 0 Å². The summed E-state index contributed by atoms with van der Waals surface area (Å²) < 4.78 is 33.0. The zero-order valence-electron chi connectivity index (χ0n) is 19.4. The number of hydrogen-bond acceptors (Lipinski definition) is 6. The molecule has 2 aliphatic heterocycles. The molecule has 9 heteroatoms. The summed E-state index contributed by atoms with van der Waals surface area (Å²) in [7, 11) is -3.66. The van der Waals surface area contributed by atoms with Gasteiger partial charge < -0.3 is 9.42 Å². The van der Waals surface area contributed by atoms with E-state index < -0.39 is 10.0 Å². The molecule has 3 aromatic rings. The van der Waals surface area contributed by atoms with Gasteiger partial charge in [0.15, 0.2) is 5.69 Å². The Hall–Kier alpha value is -3.27. The molecule has 35 heavy (non-hydrogen) atoms. The largest absolute Gasteiger partial charge is 0.360 e. The molecule has 8 nitrogen and oxygen atoms in total. The number of rotatable bonds is 6. The second-order valence-electron chi connectivity index (χ2n) is 8.74. The van der Waals surface area contributed by atoms with Crippen LogP contribution in [0.5, 0.6) is 0 Å². The zero-order valence-corrected chi connectivity index (χ0v) is 20.2. The van der Waals surface area contributed by atoms with Crippen LogP contribution in [0.15, 0.2) is 76.2 Å². The van der Waals surface area contributed by atoms with Gasteiger partial charge in [0.05, 0.1) is 4.90 Å². The highest BCUT2D eigenvalue weighted by molar-refractivity contribution is 7.89. The Morgan fingerprint density at radius 3 is 2.34 bits per heavy atom. The Morgan fingerprint density at radius 1 is 0.943 bits per heavy atom. The Labute approximate surface area is 205 Å². The fraction of sp³-hybridized carbons (Fsp3) is 0.308. The van der Waals surface area contributed by atoms with Crippen LogP contribution in [-0.4, -0.2) is 72.9 Å². The van der Waals surface area contributed by atoms with Gasteiger partial charge in [-0.15, -0.1) is 0 Å². The Kier molecular flexibility index (Phi) is 6.81. The molecular formula is C26H28N4O4S. The van der Waals surface area contributed by atoms with Crippen molar-refractivity contribution in [3.63, 3.8) is 0 Å². The molecule has 0 spiro atoms.